The summed E-state index contributed by atoms with van der Waals surface area (Å²) in [7, 11) is 2.16. The zero-order valence-corrected chi connectivity index (χ0v) is 21.3. The van der Waals surface area contributed by atoms with Crippen LogP contribution in [0.5, 0.6) is 5.75 Å². The molecular formula is C28H43N3O3. The summed E-state index contributed by atoms with van der Waals surface area (Å²) in [6.45, 7) is 7.52. The van der Waals surface area contributed by atoms with Crippen LogP contribution < -0.4 is 4.74 Å². The predicted molar refractivity (Wildman–Crippen MR) is 135 cm³/mol. The number of hydrogen-bond acceptors (Lipinski definition) is 4. The number of para-hydroxylation sites is 1. The van der Waals surface area contributed by atoms with Crippen molar-refractivity contribution in [2.45, 2.75) is 64.7 Å². The van der Waals surface area contributed by atoms with Crippen LogP contribution in [0.3, 0.4) is 0 Å². The van der Waals surface area contributed by atoms with Gasteiger partial charge in [0.05, 0.1) is 12.0 Å². The van der Waals surface area contributed by atoms with Gasteiger partial charge in [0.2, 0.25) is 11.8 Å². The van der Waals surface area contributed by atoms with Crippen LogP contribution in [0.25, 0.3) is 0 Å². The van der Waals surface area contributed by atoms with E-state index in [2.05, 4.69) is 31.0 Å². The Morgan fingerprint density at radius 1 is 1.03 bits per heavy atom. The Kier molecular flexibility index (Phi) is 8.51. The van der Waals surface area contributed by atoms with Gasteiger partial charge in [-0.15, -0.1) is 0 Å². The zero-order chi connectivity index (χ0) is 24.0. The van der Waals surface area contributed by atoms with E-state index in [9.17, 15) is 9.59 Å². The number of nitrogens with zero attached hydrogens (tertiary/aromatic N) is 3. The number of hydrogen-bond donors (Lipinski definition) is 0. The highest BCUT2D eigenvalue weighted by Gasteiger charge is 2.43. The molecule has 3 aliphatic rings. The van der Waals surface area contributed by atoms with Gasteiger partial charge >= 0.3 is 0 Å². The SMILES string of the molecule is CCN1CCOc2ccccc2CCCCC2(CCN(C(=O)CC3CCN(C)CC3)CC2)C1=O. The lowest BCUT2D eigenvalue weighted by atomic mass is 9.73. The topological polar surface area (TPSA) is 53.1 Å². The average molecular weight is 470 g/mol. The van der Waals surface area contributed by atoms with Gasteiger partial charge in [-0.05, 0) is 89.6 Å². The smallest absolute Gasteiger partial charge is 0.229 e. The van der Waals surface area contributed by atoms with Gasteiger partial charge in [0, 0.05) is 26.1 Å². The molecule has 0 aromatic heterocycles. The molecule has 34 heavy (non-hydrogen) atoms. The molecule has 0 bridgehead atoms. The van der Waals surface area contributed by atoms with Crippen molar-refractivity contribution < 1.29 is 14.3 Å². The van der Waals surface area contributed by atoms with Crippen molar-refractivity contribution in [3.05, 3.63) is 29.8 Å². The van der Waals surface area contributed by atoms with Crippen LogP contribution >= 0.6 is 0 Å². The second-order valence-electron chi connectivity index (χ2n) is 10.7. The molecule has 0 atom stereocenters. The number of aryl methyl sites for hydroxylation is 1. The van der Waals surface area contributed by atoms with E-state index >= 15 is 0 Å². The fraction of sp³-hybridized carbons (Fsp3) is 0.714. The molecule has 2 fully saturated rings. The molecule has 0 aliphatic carbocycles. The Labute approximate surface area is 205 Å². The highest BCUT2D eigenvalue weighted by atomic mass is 16.5. The first-order valence-corrected chi connectivity index (χ1v) is 13.5. The number of likely N-dealkylation sites (N-methyl/N-ethyl adjacent to an activating group) is 1. The minimum Gasteiger partial charge on any atom is -0.491 e. The maximum atomic E-state index is 13.8. The Bertz CT molecular complexity index is 826. The highest BCUT2D eigenvalue weighted by Crippen LogP contribution is 2.39. The number of fused-ring (bicyclic) bond motifs is 1. The second-order valence-corrected chi connectivity index (χ2v) is 10.7. The summed E-state index contributed by atoms with van der Waals surface area (Å²) < 4.78 is 6.09. The molecule has 4 rings (SSSR count). The quantitative estimate of drug-likeness (QED) is 0.672. The molecule has 1 aromatic rings. The summed E-state index contributed by atoms with van der Waals surface area (Å²) in [4.78, 5) is 33.2. The first-order valence-electron chi connectivity index (χ1n) is 13.5. The summed E-state index contributed by atoms with van der Waals surface area (Å²) >= 11 is 0. The number of amides is 2. The molecule has 1 spiro atoms. The monoisotopic (exact) mass is 469 g/mol. The van der Waals surface area contributed by atoms with Crippen molar-refractivity contribution >= 4 is 11.8 Å². The third-order valence-corrected chi connectivity index (χ3v) is 8.44. The van der Waals surface area contributed by atoms with E-state index in [-0.39, 0.29) is 11.3 Å². The van der Waals surface area contributed by atoms with E-state index in [0.29, 0.717) is 51.0 Å². The standard InChI is InChI=1S/C28H43N3O3/c1-3-30-20-21-34-25-10-5-4-8-24(25)9-6-7-13-28(27(30)33)14-18-31(19-15-28)26(32)22-23-11-16-29(2)17-12-23/h4-5,8,10,23H,3,6-7,9,11-22H2,1-2H3. The maximum Gasteiger partial charge on any atom is 0.229 e. The Balaban J connectivity index is 1.39. The lowest BCUT2D eigenvalue weighted by molar-refractivity contribution is -0.149. The Morgan fingerprint density at radius 3 is 2.50 bits per heavy atom. The van der Waals surface area contributed by atoms with Gasteiger partial charge in [0.15, 0.2) is 0 Å². The lowest BCUT2D eigenvalue weighted by Crippen LogP contribution is -2.52. The van der Waals surface area contributed by atoms with Gasteiger partial charge in [0.25, 0.3) is 0 Å². The number of carbonyl (C=O) groups is 2. The lowest BCUT2D eigenvalue weighted by Gasteiger charge is -2.44. The average Bonchev–Trinajstić information content (AvgIpc) is 2.86. The normalized spacial score (nSPS) is 23.1. The van der Waals surface area contributed by atoms with Gasteiger partial charge in [-0.2, -0.15) is 0 Å². The molecular weight excluding hydrogens is 426 g/mol. The van der Waals surface area contributed by atoms with Crippen molar-refractivity contribution in [2.75, 3.05) is 52.9 Å². The first-order chi connectivity index (χ1) is 16.5. The van der Waals surface area contributed by atoms with Crippen molar-refractivity contribution in [1.82, 2.24) is 14.7 Å². The van der Waals surface area contributed by atoms with Crippen LogP contribution in [0, 0.1) is 11.3 Å². The molecule has 2 amide bonds. The van der Waals surface area contributed by atoms with Crippen LogP contribution in [0.15, 0.2) is 24.3 Å². The van der Waals surface area contributed by atoms with Crippen LogP contribution in [0.4, 0.5) is 0 Å². The summed E-state index contributed by atoms with van der Waals surface area (Å²) in [5.41, 5.74) is 0.930. The molecule has 188 valence electrons. The largest absolute Gasteiger partial charge is 0.491 e. The molecule has 3 heterocycles. The van der Waals surface area contributed by atoms with Crippen molar-refractivity contribution in [1.29, 1.82) is 0 Å². The molecule has 2 saturated heterocycles. The van der Waals surface area contributed by atoms with E-state index in [4.69, 9.17) is 4.74 Å². The summed E-state index contributed by atoms with van der Waals surface area (Å²) in [5.74, 6) is 2.04. The minimum atomic E-state index is -0.334. The zero-order valence-electron chi connectivity index (χ0n) is 21.3. The molecule has 1 aromatic carbocycles. The number of carbonyl (C=O) groups excluding carboxylic acids is 2. The highest BCUT2D eigenvalue weighted by molar-refractivity contribution is 5.83. The van der Waals surface area contributed by atoms with Gasteiger partial charge in [-0.25, -0.2) is 0 Å². The van der Waals surface area contributed by atoms with Gasteiger partial charge < -0.3 is 19.4 Å². The number of rotatable bonds is 3. The van der Waals surface area contributed by atoms with Crippen LogP contribution in [0.1, 0.15) is 63.9 Å². The van der Waals surface area contributed by atoms with E-state index in [0.717, 1.165) is 70.2 Å². The van der Waals surface area contributed by atoms with Gasteiger partial charge in [-0.1, -0.05) is 24.6 Å². The molecule has 0 saturated carbocycles. The summed E-state index contributed by atoms with van der Waals surface area (Å²) in [5, 5.41) is 0. The molecule has 3 aliphatic heterocycles. The van der Waals surface area contributed by atoms with Crippen LogP contribution in [-0.2, 0) is 16.0 Å². The first kappa shape index (κ1) is 25.0. The Morgan fingerprint density at radius 2 is 1.76 bits per heavy atom. The summed E-state index contributed by atoms with van der Waals surface area (Å²) in [6.07, 6.45) is 8.48. The number of ether oxygens (including phenoxy) is 1. The fourth-order valence-electron chi connectivity index (χ4n) is 6.03. The minimum absolute atomic E-state index is 0.273. The molecule has 0 radical (unpaired) electrons. The third-order valence-electron chi connectivity index (χ3n) is 8.44. The van der Waals surface area contributed by atoms with Crippen molar-refractivity contribution in [2.24, 2.45) is 11.3 Å². The van der Waals surface area contributed by atoms with Crippen molar-refractivity contribution in [3.63, 3.8) is 0 Å². The molecule has 0 unspecified atom stereocenters. The van der Waals surface area contributed by atoms with Crippen LogP contribution in [-0.4, -0.2) is 79.4 Å². The predicted octanol–water partition coefficient (Wildman–Crippen LogP) is 3.98. The molecule has 6 heteroatoms. The Hall–Kier alpha value is -2.08. The third kappa shape index (κ3) is 5.94. The second kappa shape index (κ2) is 11.6. The maximum absolute atomic E-state index is 13.8. The van der Waals surface area contributed by atoms with E-state index in [1.807, 2.05) is 21.9 Å². The molecule has 0 N–H and O–H groups in total. The number of piperidine rings is 2. The van der Waals surface area contributed by atoms with Crippen LogP contribution in [0.2, 0.25) is 0 Å². The number of benzene rings is 1. The fourth-order valence-corrected chi connectivity index (χ4v) is 6.03. The van der Waals surface area contributed by atoms with Gasteiger partial charge in [-0.3, -0.25) is 9.59 Å². The molecule has 6 nitrogen and oxygen atoms in total. The van der Waals surface area contributed by atoms with Gasteiger partial charge in [0.1, 0.15) is 12.4 Å². The van der Waals surface area contributed by atoms with E-state index in [1.165, 1.54) is 5.56 Å². The van der Waals surface area contributed by atoms with E-state index in [1.54, 1.807) is 0 Å². The van der Waals surface area contributed by atoms with Crippen molar-refractivity contribution in [3.8, 4) is 5.75 Å². The summed E-state index contributed by atoms with van der Waals surface area (Å²) in [6, 6.07) is 8.30. The number of likely N-dealkylation sites (tertiary alicyclic amines) is 2. The van der Waals surface area contributed by atoms with E-state index < -0.39 is 0 Å².